The number of anilines is 1. The summed E-state index contributed by atoms with van der Waals surface area (Å²) in [5, 5.41) is 9.97. The quantitative estimate of drug-likeness (QED) is 0.836. The van der Waals surface area contributed by atoms with Crippen LogP contribution in [0.3, 0.4) is 0 Å². The molecule has 4 rings (SSSR count). The Bertz CT molecular complexity index is 850. The number of ether oxygens (including phenoxy) is 2. The third-order valence-electron chi connectivity index (χ3n) is 5.16. The molecule has 1 N–H and O–H groups in total. The van der Waals surface area contributed by atoms with Crippen LogP contribution in [-0.2, 0) is 22.5 Å². The highest BCUT2D eigenvalue weighted by molar-refractivity contribution is 5.68. The van der Waals surface area contributed by atoms with E-state index in [0.717, 1.165) is 53.3 Å². The van der Waals surface area contributed by atoms with Gasteiger partial charge in [-0.05, 0) is 19.4 Å². The number of aromatic amines is 1. The van der Waals surface area contributed by atoms with Gasteiger partial charge >= 0.3 is 0 Å². The molecule has 5 heteroatoms. The van der Waals surface area contributed by atoms with E-state index in [2.05, 4.69) is 41.9 Å². The number of pyridine rings is 1. The van der Waals surface area contributed by atoms with Crippen LogP contribution < -0.4 is 9.88 Å². The van der Waals surface area contributed by atoms with Crippen molar-refractivity contribution in [3.8, 4) is 17.3 Å². The number of fused-ring (bicyclic) bond motifs is 1. The molecule has 0 radical (unpaired) electrons. The minimum atomic E-state index is -0.268. The van der Waals surface area contributed by atoms with E-state index in [1.165, 1.54) is 0 Å². The summed E-state index contributed by atoms with van der Waals surface area (Å²) in [5.74, 6) is 0.908. The summed E-state index contributed by atoms with van der Waals surface area (Å²) in [6.45, 7) is 7.64. The molecule has 134 valence electrons. The summed E-state index contributed by atoms with van der Waals surface area (Å²) in [4.78, 5) is 5.81. The first-order valence-electron chi connectivity index (χ1n) is 9.12. The smallest absolute Gasteiger partial charge is 0.293 e. The van der Waals surface area contributed by atoms with Crippen LogP contribution in [0.1, 0.15) is 30.5 Å². The van der Waals surface area contributed by atoms with Crippen molar-refractivity contribution in [2.75, 3.05) is 31.2 Å². The maximum atomic E-state index is 9.97. The topological polar surface area (TPSA) is 59.6 Å². The lowest BCUT2D eigenvalue weighted by atomic mass is 9.87. The van der Waals surface area contributed by atoms with Crippen LogP contribution in [0.5, 0.6) is 0 Å². The van der Waals surface area contributed by atoms with Gasteiger partial charge in [0.2, 0.25) is 0 Å². The monoisotopic (exact) mass is 350 g/mol. The predicted octanol–water partition coefficient (Wildman–Crippen LogP) is 2.73. The molecule has 0 saturated carbocycles. The maximum Gasteiger partial charge on any atom is 0.293 e. The van der Waals surface area contributed by atoms with Gasteiger partial charge < -0.3 is 9.47 Å². The van der Waals surface area contributed by atoms with E-state index in [1.54, 1.807) is 0 Å². The molecule has 5 nitrogen and oxygen atoms in total. The lowest BCUT2D eigenvalue weighted by Crippen LogP contribution is -2.42. The molecular formula is C21H24N3O2+. The van der Waals surface area contributed by atoms with Gasteiger partial charge in [0.1, 0.15) is 30.4 Å². The first-order valence-corrected chi connectivity index (χ1v) is 9.12. The van der Waals surface area contributed by atoms with Crippen molar-refractivity contribution in [3.63, 3.8) is 0 Å². The van der Waals surface area contributed by atoms with Crippen LogP contribution in [0.2, 0.25) is 0 Å². The number of benzene rings is 1. The molecule has 1 saturated heterocycles. The Morgan fingerprint density at radius 2 is 1.85 bits per heavy atom. The van der Waals surface area contributed by atoms with Gasteiger partial charge in [-0.25, -0.2) is 4.98 Å². The molecule has 2 aliphatic rings. The number of nitrogens with one attached hydrogen (secondary N) is 1. The lowest BCUT2D eigenvalue weighted by molar-refractivity contribution is -0.353. The van der Waals surface area contributed by atoms with Crippen molar-refractivity contribution >= 4 is 5.82 Å². The van der Waals surface area contributed by atoms with Gasteiger partial charge in [-0.2, -0.15) is 5.26 Å². The molecule has 1 aromatic carbocycles. The standard InChI is InChI=1S/C21H23N3O2/c1-21(2)12-16-17(13-22)20(24-8-10-25-11-9-24)23-19(18(16)14-26-21)15-6-4-3-5-7-15/h3-7H,8-12,14H2,1-2H3/p+1. The van der Waals surface area contributed by atoms with Gasteiger partial charge in [0.15, 0.2) is 0 Å². The van der Waals surface area contributed by atoms with E-state index in [-0.39, 0.29) is 5.60 Å². The average Bonchev–Trinajstić information content (AvgIpc) is 2.67. The number of rotatable bonds is 2. The number of H-pyrrole nitrogens is 1. The second-order valence-electron chi connectivity index (χ2n) is 7.48. The molecule has 2 aromatic rings. The highest BCUT2D eigenvalue weighted by atomic mass is 16.5. The predicted molar refractivity (Wildman–Crippen MR) is 98.8 cm³/mol. The number of nitriles is 1. The van der Waals surface area contributed by atoms with Crippen molar-refractivity contribution < 1.29 is 14.5 Å². The largest absolute Gasteiger partial charge is 0.373 e. The molecule has 0 aliphatic carbocycles. The van der Waals surface area contributed by atoms with Crippen LogP contribution >= 0.6 is 0 Å². The summed E-state index contributed by atoms with van der Waals surface area (Å²) >= 11 is 0. The Labute approximate surface area is 154 Å². The van der Waals surface area contributed by atoms with Crippen LogP contribution in [0.15, 0.2) is 30.3 Å². The summed E-state index contributed by atoms with van der Waals surface area (Å²) < 4.78 is 11.6. The molecule has 0 unspecified atom stereocenters. The third kappa shape index (κ3) is 3.07. The minimum absolute atomic E-state index is 0.268. The van der Waals surface area contributed by atoms with Crippen molar-refractivity contribution in [2.24, 2.45) is 0 Å². The second kappa shape index (κ2) is 6.71. The molecule has 2 aliphatic heterocycles. The molecule has 26 heavy (non-hydrogen) atoms. The fraction of sp³-hybridized carbons (Fsp3) is 0.429. The minimum Gasteiger partial charge on any atom is -0.373 e. The first-order chi connectivity index (χ1) is 12.6. The SMILES string of the molecule is CC1(C)Cc2c(C#N)c(N3CCOCC3)[nH+]c(-c3ccccc3)c2CO1. The highest BCUT2D eigenvalue weighted by Crippen LogP contribution is 2.36. The molecule has 1 aromatic heterocycles. The Morgan fingerprint density at radius 1 is 1.12 bits per heavy atom. The molecule has 0 atom stereocenters. The zero-order valence-corrected chi connectivity index (χ0v) is 15.3. The summed E-state index contributed by atoms with van der Waals surface area (Å²) in [6, 6.07) is 12.8. The van der Waals surface area contributed by atoms with E-state index >= 15 is 0 Å². The van der Waals surface area contributed by atoms with Crippen LogP contribution in [0, 0.1) is 11.3 Å². The Balaban J connectivity index is 1.93. The molecule has 0 bridgehead atoms. The Morgan fingerprint density at radius 3 is 2.54 bits per heavy atom. The van der Waals surface area contributed by atoms with Crippen LogP contribution in [0.4, 0.5) is 5.82 Å². The van der Waals surface area contributed by atoms with E-state index in [9.17, 15) is 5.26 Å². The van der Waals surface area contributed by atoms with Crippen molar-refractivity contribution in [1.82, 2.24) is 0 Å². The number of aromatic nitrogens is 1. The second-order valence-corrected chi connectivity index (χ2v) is 7.48. The van der Waals surface area contributed by atoms with Gasteiger partial charge in [0.05, 0.1) is 25.4 Å². The summed E-state index contributed by atoms with van der Waals surface area (Å²) in [7, 11) is 0. The fourth-order valence-corrected chi connectivity index (χ4v) is 3.80. The fourth-order valence-electron chi connectivity index (χ4n) is 3.80. The van der Waals surface area contributed by atoms with Crippen LogP contribution in [-0.4, -0.2) is 31.9 Å². The van der Waals surface area contributed by atoms with Gasteiger partial charge in [0, 0.05) is 17.5 Å². The van der Waals surface area contributed by atoms with Gasteiger partial charge in [-0.3, -0.25) is 4.90 Å². The van der Waals surface area contributed by atoms with Crippen molar-refractivity contribution in [2.45, 2.75) is 32.5 Å². The van der Waals surface area contributed by atoms with E-state index in [0.29, 0.717) is 19.8 Å². The van der Waals surface area contributed by atoms with Crippen LogP contribution in [0.25, 0.3) is 11.3 Å². The van der Waals surface area contributed by atoms with E-state index in [1.807, 2.05) is 18.2 Å². The number of morpholine rings is 1. The van der Waals surface area contributed by atoms with Gasteiger partial charge in [0.25, 0.3) is 5.82 Å². The lowest BCUT2D eigenvalue weighted by Gasteiger charge is -2.33. The highest BCUT2D eigenvalue weighted by Gasteiger charge is 2.36. The zero-order valence-electron chi connectivity index (χ0n) is 15.3. The average molecular weight is 350 g/mol. The molecule has 3 heterocycles. The maximum absolute atomic E-state index is 9.97. The Hall–Kier alpha value is -2.42. The Kier molecular flexibility index (Phi) is 4.39. The van der Waals surface area contributed by atoms with Crippen molar-refractivity contribution in [1.29, 1.82) is 5.26 Å². The molecular weight excluding hydrogens is 326 g/mol. The number of hydrogen-bond donors (Lipinski definition) is 0. The third-order valence-corrected chi connectivity index (χ3v) is 5.16. The van der Waals surface area contributed by atoms with Gasteiger partial charge in [-0.15, -0.1) is 0 Å². The van der Waals surface area contributed by atoms with Gasteiger partial charge in [-0.1, -0.05) is 30.3 Å². The number of hydrogen-bond acceptors (Lipinski definition) is 4. The molecule has 1 fully saturated rings. The normalized spacial score (nSPS) is 18.9. The molecule has 0 spiro atoms. The van der Waals surface area contributed by atoms with E-state index < -0.39 is 0 Å². The van der Waals surface area contributed by atoms with Crippen molar-refractivity contribution in [3.05, 3.63) is 47.0 Å². The number of nitrogens with zero attached hydrogens (tertiary/aromatic N) is 2. The first kappa shape index (κ1) is 17.0. The zero-order chi connectivity index (χ0) is 18.1. The summed E-state index contributed by atoms with van der Waals surface area (Å²) in [5.41, 5.74) is 4.86. The summed E-state index contributed by atoms with van der Waals surface area (Å²) in [6.07, 6.45) is 0.733. The molecule has 0 amide bonds. The van der Waals surface area contributed by atoms with E-state index in [4.69, 9.17) is 9.47 Å².